The summed E-state index contributed by atoms with van der Waals surface area (Å²) in [6, 6.07) is 14.0. The van der Waals surface area contributed by atoms with E-state index in [4.69, 9.17) is 21.1 Å². The number of amides is 1. The van der Waals surface area contributed by atoms with Crippen LogP contribution in [0.5, 0.6) is 5.75 Å². The molecule has 0 saturated heterocycles. The number of aromatic nitrogens is 1. The largest absolute Gasteiger partial charge is 0.497 e. The van der Waals surface area contributed by atoms with Crippen molar-refractivity contribution in [3.05, 3.63) is 64.6 Å². The normalized spacial score (nSPS) is 11.5. The Morgan fingerprint density at radius 3 is 2.43 bits per heavy atom. The van der Waals surface area contributed by atoms with E-state index in [1.807, 2.05) is 12.1 Å². The lowest BCUT2D eigenvalue weighted by molar-refractivity contribution is -0.123. The third-order valence-corrected chi connectivity index (χ3v) is 4.96. The molecule has 0 aliphatic carbocycles. The summed E-state index contributed by atoms with van der Waals surface area (Å²) in [5, 5.41) is 5.57. The molecule has 1 aromatic heterocycles. The molecule has 0 spiro atoms. The number of rotatable bonds is 6. The van der Waals surface area contributed by atoms with Gasteiger partial charge in [0.15, 0.2) is 11.8 Å². The maximum absolute atomic E-state index is 12.3. The standard InChI is InChI=1S/C20H17ClN2O4S/c1-12(18(24)22-15-7-9-16(26-2)10-8-15)27-20(25)17-11-28-19(23-17)13-3-5-14(21)6-4-13/h3-12H,1-2H3,(H,22,24). The first kappa shape index (κ1) is 19.9. The fourth-order valence-corrected chi connectivity index (χ4v) is 3.21. The molecule has 0 aliphatic heterocycles. The smallest absolute Gasteiger partial charge is 0.358 e. The zero-order valence-electron chi connectivity index (χ0n) is 15.1. The van der Waals surface area contributed by atoms with Gasteiger partial charge in [-0.05, 0) is 43.3 Å². The van der Waals surface area contributed by atoms with Crippen LogP contribution in [0.25, 0.3) is 10.6 Å². The molecule has 6 nitrogen and oxygen atoms in total. The van der Waals surface area contributed by atoms with Crippen LogP contribution < -0.4 is 10.1 Å². The minimum Gasteiger partial charge on any atom is -0.497 e. The lowest BCUT2D eigenvalue weighted by Gasteiger charge is -2.13. The first-order chi connectivity index (χ1) is 13.5. The molecular weight excluding hydrogens is 400 g/mol. The Hall–Kier alpha value is -2.90. The highest BCUT2D eigenvalue weighted by Crippen LogP contribution is 2.25. The second-order valence-corrected chi connectivity index (χ2v) is 7.10. The predicted octanol–water partition coefficient (Wildman–Crippen LogP) is 4.66. The van der Waals surface area contributed by atoms with E-state index in [1.165, 1.54) is 18.3 Å². The Kier molecular flexibility index (Phi) is 6.28. The van der Waals surface area contributed by atoms with E-state index in [9.17, 15) is 9.59 Å². The molecule has 3 rings (SSSR count). The summed E-state index contributed by atoms with van der Waals surface area (Å²) in [6.45, 7) is 1.50. The summed E-state index contributed by atoms with van der Waals surface area (Å²) < 4.78 is 10.3. The number of methoxy groups -OCH3 is 1. The summed E-state index contributed by atoms with van der Waals surface area (Å²) in [7, 11) is 1.56. The van der Waals surface area contributed by atoms with Gasteiger partial charge < -0.3 is 14.8 Å². The van der Waals surface area contributed by atoms with E-state index in [2.05, 4.69) is 10.3 Å². The number of carbonyl (C=O) groups is 2. The van der Waals surface area contributed by atoms with E-state index in [0.717, 1.165) is 5.56 Å². The van der Waals surface area contributed by atoms with Crippen molar-refractivity contribution in [3.8, 4) is 16.3 Å². The molecule has 1 unspecified atom stereocenters. The van der Waals surface area contributed by atoms with Gasteiger partial charge in [-0.25, -0.2) is 9.78 Å². The van der Waals surface area contributed by atoms with Crippen LogP contribution in [0.3, 0.4) is 0 Å². The number of halogens is 1. The first-order valence-electron chi connectivity index (χ1n) is 8.33. The van der Waals surface area contributed by atoms with Crippen molar-refractivity contribution in [1.29, 1.82) is 0 Å². The van der Waals surface area contributed by atoms with Crippen molar-refractivity contribution in [2.45, 2.75) is 13.0 Å². The van der Waals surface area contributed by atoms with Crippen LogP contribution in [0.1, 0.15) is 17.4 Å². The van der Waals surface area contributed by atoms with Crippen molar-refractivity contribution in [2.24, 2.45) is 0 Å². The predicted molar refractivity (Wildman–Crippen MR) is 109 cm³/mol. The van der Waals surface area contributed by atoms with Crippen molar-refractivity contribution >= 4 is 40.5 Å². The highest BCUT2D eigenvalue weighted by atomic mass is 35.5. The monoisotopic (exact) mass is 416 g/mol. The van der Waals surface area contributed by atoms with Gasteiger partial charge in [0.2, 0.25) is 0 Å². The Balaban J connectivity index is 1.60. The molecule has 1 atom stereocenters. The number of carbonyl (C=O) groups excluding carboxylic acids is 2. The first-order valence-corrected chi connectivity index (χ1v) is 9.59. The third-order valence-electron chi connectivity index (χ3n) is 3.82. The zero-order chi connectivity index (χ0) is 20.1. The number of thiazole rings is 1. The quantitative estimate of drug-likeness (QED) is 0.591. The van der Waals surface area contributed by atoms with Gasteiger partial charge in [0, 0.05) is 21.7 Å². The van der Waals surface area contributed by atoms with E-state index >= 15 is 0 Å². The Morgan fingerprint density at radius 2 is 1.79 bits per heavy atom. The Morgan fingerprint density at radius 1 is 1.11 bits per heavy atom. The minimum atomic E-state index is -0.977. The molecular formula is C20H17ClN2O4S. The molecule has 1 N–H and O–H groups in total. The SMILES string of the molecule is COc1ccc(NC(=O)C(C)OC(=O)c2csc(-c3ccc(Cl)cc3)n2)cc1. The van der Waals surface area contributed by atoms with Crippen LogP contribution in [-0.2, 0) is 9.53 Å². The fraction of sp³-hybridized carbons (Fsp3) is 0.150. The average molecular weight is 417 g/mol. The summed E-state index contributed by atoms with van der Waals surface area (Å²) in [4.78, 5) is 28.8. The van der Waals surface area contributed by atoms with E-state index in [1.54, 1.807) is 48.9 Å². The summed E-state index contributed by atoms with van der Waals surface area (Å²) in [5.41, 5.74) is 1.57. The number of nitrogens with one attached hydrogen (secondary N) is 1. The maximum Gasteiger partial charge on any atom is 0.358 e. The number of ether oxygens (including phenoxy) is 2. The molecule has 144 valence electrons. The number of nitrogens with zero attached hydrogens (tertiary/aromatic N) is 1. The molecule has 1 amide bonds. The summed E-state index contributed by atoms with van der Waals surface area (Å²) >= 11 is 7.19. The van der Waals surface area contributed by atoms with Gasteiger partial charge in [-0.3, -0.25) is 4.79 Å². The molecule has 28 heavy (non-hydrogen) atoms. The molecule has 3 aromatic rings. The van der Waals surface area contributed by atoms with Crippen LogP contribution in [0.2, 0.25) is 5.02 Å². The average Bonchev–Trinajstić information content (AvgIpc) is 3.19. The highest BCUT2D eigenvalue weighted by Gasteiger charge is 2.21. The lowest BCUT2D eigenvalue weighted by atomic mass is 10.2. The second kappa shape index (κ2) is 8.86. The van der Waals surface area contributed by atoms with Crippen LogP contribution in [0, 0.1) is 0 Å². The van der Waals surface area contributed by atoms with Crippen molar-refractivity contribution in [1.82, 2.24) is 4.98 Å². The summed E-state index contributed by atoms with van der Waals surface area (Å²) in [5.74, 6) is -0.419. The fourth-order valence-electron chi connectivity index (χ4n) is 2.29. The van der Waals surface area contributed by atoms with Gasteiger partial charge in [0.1, 0.15) is 10.8 Å². The Labute approximate surface area is 171 Å². The zero-order valence-corrected chi connectivity index (χ0v) is 16.7. The van der Waals surface area contributed by atoms with E-state index in [0.29, 0.717) is 21.5 Å². The summed E-state index contributed by atoms with van der Waals surface area (Å²) in [6.07, 6.45) is -0.977. The number of hydrogen-bond acceptors (Lipinski definition) is 6. The van der Waals surface area contributed by atoms with Crippen LogP contribution in [-0.4, -0.2) is 30.1 Å². The number of esters is 1. The van der Waals surface area contributed by atoms with Gasteiger partial charge in [0.25, 0.3) is 5.91 Å². The van der Waals surface area contributed by atoms with Crippen LogP contribution in [0.15, 0.2) is 53.9 Å². The van der Waals surface area contributed by atoms with E-state index in [-0.39, 0.29) is 5.69 Å². The molecule has 0 saturated carbocycles. The van der Waals surface area contributed by atoms with Crippen molar-refractivity contribution in [2.75, 3.05) is 12.4 Å². The highest BCUT2D eigenvalue weighted by molar-refractivity contribution is 7.13. The second-order valence-electron chi connectivity index (χ2n) is 5.81. The molecule has 1 heterocycles. The number of hydrogen-bond donors (Lipinski definition) is 1. The van der Waals surface area contributed by atoms with E-state index < -0.39 is 18.0 Å². The van der Waals surface area contributed by atoms with Gasteiger partial charge >= 0.3 is 5.97 Å². The van der Waals surface area contributed by atoms with Gasteiger partial charge in [-0.1, -0.05) is 23.7 Å². The maximum atomic E-state index is 12.3. The molecule has 2 aromatic carbocycles. The van der Waals surface area contributed by atoms with Gasteiger partial charge in [-0.2, -0.15) is 0 Å². The lowest BCUT2D eigenvalue weighted by Crippen LogP contribution is -2.30. The molecule has 8 heteroatoms. The molecule has 0 radical (unpaired) electrons. The molecule has 0 aliphatic rings. The Bertz CT molecular complexity index is 971. The minimum absolute atomic E-state index is 0.152. The molecule has 0 fully saturated rings. The number of benzene rings is 2. The van der Waals surface area contributed by atoms with Gasteiger partial charge in [-0.15, -0.1) is 11.3 Å². The molecule has 0 bridgehead atoms. The topological polar surface area (TPSA) is 77.5 Å². The third kappa shape index (κ3) is 4.88. The van der Waals surface area contributed by atoms with Gasteiger partial charge in [0.05, 0.1) is 7.11 Å². The number of anilines is 1. The van der Waals surface area contributed by atoms with Crippen LogP contribution >= 0.6 is 22.9 Å². The van der Waals surface area contributed by atoms with Crippen molar-refractivity contribution < 1.29 is 19.1 Å². The van der Waals surface area contributed by atoms with Crippen LogP contribution in [0.4, 0.5) is 5.69 Å². The van der Waals surface area contributed by atoms with Crippen molar-refractivity contribution in [3.63, 3.8) is 0 Å².